The van der Waals surface area contributed by atoms with Gasteiger partial charge in [0, 0.05) is 0 Å². The fourth-order valence-electron chi connectivity index (χ4n) is 1.26. The number of rotatable bonds is 5. The number of hydrogen-bond donors (Lipinski definition) is 0. The maximum Gasteiger partial charge on any atom is 0.274 e. The summed E-state index contributed by atoms with van der Waals surface area (Å²) in [5.74, 6) is -0.896. The van der Waals surface area contributed by atoms with Crippen molar-refractivity contribution in [2.75, 3.05) is 0 Å². The summed E-state index contributed by atoms with van der Waals surface area (Å²) >= 11 is 8.13. The second-order valence-electron chi connectivity index (χ2n) is 3.44. The molecule has 100 valence electrons. The summed E-state index contributed by atoms with van der Waals surface area (Å²) in [4.78, 5) is 11.1. The van der Waals surface area contributed by atoms with Crippen LogP contribution in [0.2, 0.25) is 0 Å². The molecule has 0 heterocycles. The van der Waals surface area contributed by atoms with Gasteiger partial charge in [-0.05, 0) is 46.1 Å². The van der Waals surface area contributed by atoms with E-state index >= 15 is 0 Å². The Morgan fingerprint density at radius 3 is 2.56 bits per heavy atom. The predicted molar refractivity (Wildman–Crippen MR) is 65.0 cm³/mol. The van der Waals surface area contributed by atoms with Gasteiger partial charge in [0.25, 0.3) is 11.7 Å². The summed E-state index contributed by atoms with van der Waals surface area (Å²) in [5, 5.41) is -0.972. The van der Waals surface area contributed by atoms with E-state index in [-0.39, 0.29) is 22.2 Å². The molecule has 0 bridgehead atoms. The van der Waals surface area contributed by atoms with Crippen molar-refractivity contribution in [1.82, 2.24) is 0 Å². The van der Waals surface area contributed by atoms with E-state index in [9.17, 15) is 18.0 Å². The van der Waals surface area contributed by atoms with E-state index < -0.39 is 23.6 Å². The fourth-order valence-corrected chi connectivity index (χ4v) is 1.73. The van der Waals surface area contributed by atoms with Crippen LogP contribution in [-0.2, 0) is 0 Å². The van der Waals surface area contributed by atoms with E-state index in [1.807, 2.05) is 0 Å². The van der Waals surface area contributed by atoms with Crippen LogP contribution in [0.4, 0.5) is 13.2 Å². The lowest BCUT2D eigenvalue weighted by atomic mass is 10.2. The van der Waals surface area contributed by atoms with Crippen LogP contribution >= 0.6 is 27.5 Å². The molecule has 0 fully saturated rings. The Labute approximate surface area is 115 Å². The van der Waals surface area contributed by atoms with Crippen LogP contribution in [0.15, 0.2) is 16.6 Å². The molecule has 1 unspecified atom stereocenters. The molecule has 1 aromatic rings. The van der Waals surface area contributed by atoms with Gasteiger partial charge in [0.1, 0.15) is 11.6 Å². The van der Waals surface area contributed by atoms with Gasteiger partial charge in [-0.25, -0.2) is 13.2 Å². The van der Waals surface area contributed by atoms with Crippen molar-refractivity contribution < 1.29 is 22.7 Å². The first-order chi connectivity index (χ1) is 8.36. The first-order valence-corrected chi connectivity index (χ1v) is 6.17. The Balaban J connectivity index is 3.14. The molecule has 0 aliphatic rings. The Hall–Kier alpha value is -0.750. The molecule has 2 nitrogen and oxygen atoms in total. The van der Waals surface area contributed by atoms with Crippen molar-refractivity contribution in [1.29, 1.82) is 0 Å². The molecule has 0 amide bonds. The van der Waals surface area contributed by atoms with Gasteiger partial charge < -0.3 is 4.74 Å². The minimum Gasteiger partial charge on any atom is -0.484 e. The van der Waals surface area contributed by atoms with E-state index in [1.165, 1.54) is 6.92 Å². The highest BCUT2D eigenvalue weighted by Crippen LogP contribution is 2.30. The van der Waals surface area contributed by atoms with Gasteiger partial charge in [0.15, 0.2) is 6.10 Å². The molecule has 1 rings (SSSR count). The molecule has 0 aliphatic heterocycles. The lowest BCUT2D eigenvalue weighted by molar-refractivity contribution is 0.00944. The molecule has 0 spiro atoms. The first-order valence-electron chi connectivity index (χ1n) is 5.00. The van der Waals surface area contributed by atoms with Crippen molar-refractivity contribution in [3.8, 4) is 5.75 Å². The zero-order chi connectivity index (χ0) is 13.9. The normalized spacial score (nSPS) is 12.6. The smallest absolute Gasteiger partial charge is 0.274 e. The second kappa shape index (κ2) is 6.43. The van der Waals surface area contributed by atoms with Gasteiger partial charge in [-0.15, -0.1) is 0 Å². The molecule has 0 N–H and O–H groups in total. The highest BCUT2D eigenvalue weighted by Gasteiger charge is 2.23. The largest absolute Gasteiger partial charge is 0.484 e. The molecular formula is C11H9BrClF3O2. The molecule has 0 saturated heterocycles. The Morgan fingerprint density at radius 2 is 2.11 bits per heavy atom. The number of carbonyl (C=O) groups is 1. The third-order valence-electron chi connectivity index (χ3n) is 2.20. The van der Waals surface area contributed by atoms with Crippen LogP contribution in [0.5, 0.6) is 5.75 Å². The highest BCUT2D eigenvalue weighted by molar-refractivity contribution is 9.10. The van der Waals surface area contributed by atoms with Crippen LogP contribution in [-0.4, -0.2) is 17.8 Å². The van der Waals surface area contributed by atoms with E-state index in [0.717, 1.165) is 12.1 Å². The molecular weight excluding hydrogens is 336 g/mol. The van der Waals surface area contributed by atoms with Crippen molar-refractivity contribution in [2.45, 2.75) is 25.9 Å². The van der Waals surface area contributed by atoms with E-state index in [1.54, 1.807) is 0 Å². The highest BCUT2D eigenvalue weighted by atomic mass is 79.9. The molecule has 0 aliphatic carbocycles. The summed E-state index contributed by atoms with van der Waals surface area (Å²) < 4.78 is 43.4. The lowest BCUT2D eigenvalue weighted by Crippen LogP contribution is -2.25. The lowest BCUT2D eigenvalue weighted by Gasteiger charge is -2.18. The molecule has 0 saturated carbocycles. The third-order valence-corrected chi connectivity index (χ3v) is 3.01. The van der Waals surface area contributed by atoms with E-state index in [4.69, 9.17) is 16.3 Å². The number of alkyl halides is 2. The quantitative estimate of drug-likeness (QED) is 0.740. The average Bonchev–Trinajstić information content (AvgIpc) is 2.29. The van der Waals surface area contributed by atoms with Crippen molar-refractivity contribution in [3.63, 3.8) is 0 Å². The number of ether oxygens (including phenoxy) is 1. The zero-order valence-corrected chi connectivity index (χ0v) is 11.6. The maximum atomic E-state index is 13.2. The number of halogens is 5. The van der Waals surface area contributed by atoms with Crippen LogP contribution in [0.1, 0.15) is 23.7 Å². The van der Waals surface area contributed by atoms with Crippen molar-refractivity contribution in [3.05, 3.63) is 28.0 Å². The fraction of sp³-hybridized carbons (Fsp3) is 0.364. The topological polar surface area (TPSA) is 26.3 Å². The molecule has 18 heavy (non-hydrogen) atoms. The average molecular weight is 346 g/mol. The number of hydrogen-bond acceptors (Lipinski definition) is 2. The van der Waals surface area contributed by atoms with Gasteiger partial charge in [-0.3, -0.25) is 4.79 Å². The van der Waals surface area contributed by atoms with Crippen molar-refractivity contribution >= 4 is 32.8 Å². The Bertz CT molecular complexity index is 454. The monoisotopic (exact) mass is 344 g/mol. The third kappa shape index (κ3) is 3.62. The van der Waals surface area contributed by atoms with Crippen LogP contribution < -0.4 is 4.74 Å². The minimum atomic E-state index is -2.71. The molecule has 0 radical (unpaired) electrons. The molecule has 1 aromatic carbocycles. The van der Waals surface area contributed by atoms with Gasteiger partial charge >= 0.3 is 0 Å². The standard InChI is InChI=1S/C11H9BrClF3O2/c1-2-8(11(15)16)18-9-4-6(12)7(14)3-5(9)10(13)17/h3-4,8,11H,2H2,1H3. The van der Waals surface area contributed by atoms with Gasteiger partial charge in [0.05, 0.1) is 10.0 Å². The Morgan fingerprint density at radius 1 is 1.50 bits per heavy atom. The van der Waals surface area contributed by atoms with Gasteiger partial charge in [0.2, 0.25) is 0 Å². The summed E-state index contributed by atoms with van der Waals surface area (Å²) in [5.41, 5.74) is -0.281. The van der Waals surface area contributed by atoms with E-state index in [2.05, 4.69) is 15.9 Å². The maximum absolute atomic E-state index is 13.2. The van der Waals surface area contributed by atoms with Crippen LogP contribution in [0, 0.1) is 5.82 Å². The van der Waals surface area contributed by atoms with Gasteiger partial charge in [-0.2, -0.15) is 0 Å². The summed E-state index contributed by atoms with van der Waals surface area (Å²) in [7, 11) is 0. The second-order valence-corrected chi connectivity index (χ2v) is 4.63. The minimum absolute atomic E-state index is 0.00304. The van der Waals surface area contributed by atoms with Gasteiger partial charge in [-0.1, -0.05) is 6.92 Å². The van der Waals surface area contributed by atoms with E-state index in [0.29, 0.717) is 0 Å². The summed E-state index contributed by atoms with van der Waals surface area (Å²) in [6.07, 6.45) is -4.04. The zero-order valence-electron chi connectivity index (χ0n) is 9.22. The molecule has 1 atom stereocenters. The molecule has 7 heteroatoms. The summed E-state index contributed by atoms with van der Waals surface area (Å²) in [6.45, 7) is 1.51. The van der Waals surface area contributed by atoms with Crippen LogP contribution in [0.3, 0.4) is 0 Å². The Kier molecular flexibility index (Phi) is 5.47. The van der Waals surface area contributed by atoms with Crippen molar-refractivity contribution in [2.24, 2.45) is 0 Å². The first kappa shape index (κ1) is 15.3. The number of carbonyl (C=O) groups excluding carboxylic acids is 1. The van der Waals surface area contributed by atoms with Crippen LogP contribution in [0.25, 0.3) is 0 Å². The SMILES string of the molecule is CCC(Oc1cc(Br)c(F)cc1C(=O)Cl)C(F)F. The number of benzene rings is 1. The predicted octanol–water partition coefficient (Wildman–Crippen LogP) is 4.39. The summed E-state index contributed by atoms with van der Waals surface area (Å²) in [6, 6.07) is 1.95. The molecule has 0 aromatic heterocycles.